The van der Waals surface area contributed by atoms with E-state index in [9.17, 15) is 9.59 Å². The van der Waals surface area contributed by atoms with Crippen LogP contribution >= 0.6 is 0 Å². The Morgan fingerprint density at radius 1 is 1.05 bits per heavy atom. The fourth-order valence-corrected chi connectivity index (χ4v) is 5.29. The number of hydrogen-bond donors (Lipinski definition) is 0. The number of methoxy groups -OCH3 is 1. The Morgan fingerprint density at radius 3 is 2.10 bits per heavy atom. The lowest BCUT2D eigenvalue weighted by Gasteiger charge is -2.54. The molecule has 0 aromatic rings. The van der Waals surface area contributed by atoms with Crippen molar-refractivity contribution in [3.8, 4) is 0 Å². The summed E-state index contributed by atoms with van der Waals surface area (Å²) in [5.74, 6) is 3.31. The largest absolute Gasteiger partial charge is 0.469 e. The molecule has 1 amide bonds. The summed E-state index contributed by atoms with van der Waals surface area (Å²) in [7, 11) is 1.40. The minimum Gasteiger partial charge on any atom is -0.469 e. The van der Waals surface area contributed by atoms with Gasteiger partial charge in [-0.2, -0.15) is 0 Å². The number of amides is 1. The summed E-state index contributed by atoms with van der Waals surface area (Å²) < 4.78 is 4.69. The van der Waals surface area contributed by atoms with E-state index in [-0.39, 0.29) is 11.9 Å². The zero-order valence-electron chi connectivity index (χ0n) is 13.2. The summed E-state index contributed by atoms with van der Waals surface area (Å²) in [6.45, 7) is 3.20. The number of nitrogens with zero attached hydrogens (tertiary/aromatic N) is 1. The first-order chi connectivity index (χ1) is 10.1. The molecule has 4 aliphatic carbocycles. The lowest BCUT2D eigenvalue weighted by Crippen LogP contribution is -2.52. The topological polar surface area (TPSA) is 46.6 Å². The Balaban J connectivity index is 1.64. The predicted octanol–water partition coefficient (Wildman–Crippen LogP) is 2.47. The Bertz CT molecular complexity index is 392. The van der Waals surface area contributed by atoms with Crippen molar-refractivity contribution < 1.29 is 14.3 Å². The highest BCUT2D eigenvalue weighted by atomic mass is 16.5. The van der Waals surface area contributed by atoms with Crippen LogP contribution in [0.15, 0.2) is 0 Å². The number of rotatable bonds is 5. The van der Waals surface area contributed by atoms with E-state index in [1.165, 1.54) is 39.2 Å². The van der Waals surface area contributed by atoms with Gasteiger partial charge in [-0.05, 0) is 62.7 Å². The SMILES string of the molecule is CCN(CCC(=O)OC)C(=O)C1C2CC3CC(C2)CC1C3. The molecule has 4 heteroatoms. The molecule has 0 aliphatic heterocycles. The third-order valence-corrected chi connectivity index (χ3v) is 6.02. The van der Waals surface area contributed by atoms with Crippen LogP contribution in [0.25, 0.3) is 0 Å². The van der Waals surface area contributed by atoms with Gasteiger partial charge in [0.15, 0.2) is 0 Å². The van der Waals surface area contributed by atoms with Crippen molar-refractivity contribution in [2.45, 2.75) is 45.4 Å². The van der Waals surface area contributed by atoms with Gasteiger partial charge >= 0.3 is 5.97 Å². The highest BCUT2D eigenvalue weighted by Gasteiger charge is 2.51. The number of esters is 1. The monoisotopic (exact) mass is 293 g/mol. The third kappa shape index (κ3) is 2.82. The number of ether oxygens (including phenoxy) is 1. The van der Waals surface area contributed by atoms with Crippen molar-refractivity contribution in [3.63, 3.8) is 0 Å². The van der Waals surface area contributed by atoms with E-state index in [1.54, 1.807) is 0 Å². The molecule has 0 atom stereocenters. The fraction of sp³-hybridized carbons (Fsp3) is 0.882. The minimum absolute atomic E-state index is 0.230. The summed E-state index contributed by atoms with van der Waals surface area (Å²) in [6, 6.07) is 0. The van der Waals surface area contributed by atoms with Crippen LogP contribution in [0.1, 0.15) is 45.4 Å². The van der Waals surface area contributed by atoms with Gasteiger partial charge < -0.3 is 9.64 Å². The van der Waals surface area contributed by atoms with E-state index in [2.05, 4.69) is 4.74 Å². The Morgan fingerprint density at radius 2 is 1.62 bits per heavy atom. The quantitative estimate of drug-likeness (QED) is 0.732. The van der Waals surface area contributed by atoms with Crippen LogP contribution in [0.5, 0.6) is 0 Å². The van der Waals surface area contributed by atoms with Crippen molar-refractivity contribution >= 4 is 11.9 Å². The number of carbonyl (C=O) groups is 2. The second-order valence-electron chi connectivity index (χ2n) is 7.20. The molecule has 0 heterocycles. The molecule has 4 nitrogen and oxygen atoms in total. The zero-order valence-corrected chi connectivity index (χ0v) is 13.2. The molecule has 0 unspecified atom stereocenters. The van der Waals surface area contributed by atoms with Gasteiger partial charge in [-0.1, -0.05) is 0 Å². The normalized spacial score (nSPS) is 36.6. The van der Waals surface area contributed by atoms with Crippen LogP contribution in [0.3, 0.4) is 0 Å². The highest BCUT2D eigenvalue weighted by molar-refractivity contribution is 5.80. The van der Waals surface area contributed by atoms with Gasteiger partial charge in [-0.15, -0.1) is 0 Å². The number of hydrogen-bond acceptors (Lipinski definition) is 3. The number of carbonyl (C=O) groups excluding carboxylic acids is 2. The van der Waals surface area contributed by atoms with Gasteiger partial charge in [0, 0.05) is 19.0 Å². The summed E-state index contributed by atoms with van der Waals surface area (Å²) in [5, 5.41) is 0. The minimum atomic E-state index is -0.230. The predicted molar refractivity (Wildman–Crippen MR) is 79.4 cm³/mol. The lowest BCUT2D eigenvalue weighted by atomic mass is 9.51. The fourth-order valence-electron chi connectivity index (χ4n) is 5.29. The average molecular weight is 293 g/mol. The molecule has 4 bridgehead atoms. The molecule has 0 saturated heterocycles. The second-order valence-corrected chi connectivity index (χ2v) is 7.20. The van der Waals surface area contributed by atoms with Crippen molar-refractivity contribution in [2.24, 2.45) is 29.6 Å². The van der Waals surface area contributed by atoms with Gasteiger partial charge in [0.1, 0.15) is 0 Å². The Hall–Kier alpha value is -1.06. The van der Waals surface area contributed by atoms with E-state index in [4.69, 9.17) is 0 Å². The highest BCUT2D eigenvalue weighted by Crippen LogP contribution is 2.56. The van der Waals surface area contributed by atoms with E-state index < -0.39 is 0 Å². The van der Waals surface area contributed by atoms with Crippen molar-refractivity contribution in [2.75, 3.05) is 20.2 Å². The molecule has 0 aromatic carbocycles. The molecular formula is C17H27NO3. The summed E-state index contributed by atoms with van der Waals surface area (Å²) >= 11 is 0. The Labute approximate surface area is 127 Å². The third-order valence-electron chi connectivity index (χ3n) is 6.02. The van der Waals surface area contributed by atoms with Gasteiger partial charge in [0.2, 0.25) is 5.91 Å². The molecule has 0 spiro atoms. The molecule has 118 valence electrons. The lowest BCUT2D eigenvalue weighted by molar-refractivity contribution is -0.150. The van der Waals surface area contributed by atoms with Crippen molar-refractivity contribution in [1.82, 2.24) is 4.90 Å². The van der Waals surface area contributed by atoms with Crippen LogP contribution in [0, 0.1) is 29.6 Å². The maximum absolute atomic E-state index is 12.9. The smallest absolute Gasteiger partial charge is 0.307 e. The molecule has 21 heavy (non-hydrogen) atoms. The maximum Gasteiger partial charge on any atom is 0.307 e. The maximum atomic E-state index is 12.9. The van der Waals surface area contributed by atoms with Gasteiger partial charge in [-0.3, -0.25) is 9.59 Å². The first-order valence-corrected chi connectivity index (χ1v) is 8.48. The molecule has 4 saturated carbocycles. The van der Waals surface area contributed by atoms with E-state index >= 15 is 0 Å². The molecule has 4 rings (SSSR count). The first-order valence-electron chi connectivity index (χ1n) is 8.48. The van der Waals surface area contributed by atoms with Crippen LogP contribution in [0.4, 0.5) is 0 Å². The molecule has 4 aliphatic rings. The molecule has 0 radical (unpaired) electrons. The second kappa shape index (κ2) is 5.98. The van der Waals surface area contributed by atoms with E-state index in [1.807, 2.05) is 11.8 Å². The van der Waals surface area contributed by atoms with Gasteiger partial charge in [0.05, 0.1) is 13.5 Å². The molecule has 4 fully saturated rings. The zero-order chi connectivity index (χ0) is 15.0. The summed E-state index contributed by atoms with van der Waals surface area (Å²) in [6.07, 6.45) is 6.77. The van der Waals surface area contributed by atoms with Gasteiger partial charge in [-0.25, -0.2) is 0 Å². The Kier molecular flexibility index (Phi) is 4.23. The first kappa shape index (κ1) is 14.9. The van der Waals surface area contributed by atoms with Crippen molar-refractivity contribution in [3.05, 3.63) is 0 Å². The molecular weight excluding hydrogens is 266 g/mol. The standard InChI is InChI=1S/C17H27NO3/c1-3-18(5-4-15(19)21-2)17(20)16-13-7-11-6-12(9-13)10-14(16)8-11/h11-14,16H,3-10H2,1-2H3. The van der Waals surface area contributed by atoms with Crippen LogP contribution in [0.2, 0.25) is 0 Å². The average Bonchev–Trinajstić information content (AvgIpc) is 2.46. The van der Waals surface area contributed by atoms with E-state index in [0.717, 1.165) is 11.8 Å². The molecule has 0 aromatic heterocycles. The van der Waals surface area contributed by atoms with Gasteiger partial charge in [0.25, 0.3) is 0 Å². The summed E-state index contributed by atoms with van der Waals surface area (Å²) in [5.41, 5.74) is 0. The van der Waals surface area contributed by atoms with Crippen LogP contribution < -0.4 is 0 Å². The summed E-state index contributed by atoms with van der Waals surface area (Å²) in [4.78, 5) is 26.1. The van der Waals surface area contributed by atoms with E-state index in [0.29, 0.717) is 37.3 Å². The van der Waals surface area contributed by atoms with Crippen LogP contribution in [-0.2, 0) is 14.3 Å². The van der Waals surface area contributed by atoms with Crippen LogP contribution in [-0.4, -0.2) is 37.0 Å². The molecule has 0 N–H and O–H groups in total. The van der Waals surface area contributed by atoms with Crippen molar-refractivity contribution in [1.29, 1.82) is 0 Å².